The molecule has 0 saturated carbocycles. The minimum absolute atomic E-state index is 0.0589. The highest BCUT2D eigenvalue weighted by Crippen LogP contribution is 2.29. The molecule has 0 aromatic rings. The molecule has 0 nitrogen and oxygen atoms in total. The van der Waals surface area contributed by atoms with Crippen LogP contribution in [0.1, 0.15) is 46.5 Å². The van der Waals surface area contributed by atoms with Crippen LogP contribution in [0.25, 0.3) is 0 Å². The van der Waals surface area contributed by atoms with Crippen molar-refractivity contribution in [3.8, 4) is 0 Å². The van der Waals surface area contributed by atoms with E-state index in [2.05, 4.69) is 59.9 Å². The lowest BCUT2D eigenvalue weighted by Gasteiger charge is -2.08. The minimum atomic E-state index is -1.11. The fourth-order valence-electron chi connectivity index (χ4n) is 2.46. The highest BCUT2D eigenvalue weighted by atomic mass is 19.2. The van der Waals surface area contributed by atoms with Crippen molar-refractivity contribution >= 4 is 0 Å². The van der Waals surface area contributed by atoms with Gasteiger partial charge < -0.3 is 0 Å². The smallest absolute Gasteiger partial charge is 0.166 e. The molecule has 0 unspecified atom stereocenters. The van der Waals surface area contributed by atoms with Crippen molar-refractivity contribution in [2.45, 2.75) is 46.5 Å². The average molecular weight is 455 g/mol. The average Bonchev–Trinajstić information content (AvgIpc) is 2.78. The van der Waals surface area contributed by atoms with Gasteiger partial charge in [0, 0.05) is 11.1 Å². The molecule has 178 valence electrons. The molecular weight excluding hydrogens is 417 g/mol. The summed E-state index contributed by atoms with van der Waals surface area (Å²) in [5.74, 6) is -2.19. The molecule has 0 spiro atoms. The van der Waals surface area contributed by atoms with Crippen LogP contribution in [0.4, 0.5) is 13.2 Å². The van der Waals surface area contributed by atoms with Crippen molar-refractivity contribution in [2.75, 3.05) is 0 Å². The summed E-state index contributed by atoms with van der Waals surface area (Å²) in [6, 6.07) is 0. The molecule has 0 aliphatic heterocycles. The van der Waals surface area contributed by atoms with Crippen molar-refractivity contribution in [3.63, 3.8) is 0 Å². The van der Waals surface area contributed by atoms with Crippen LogP contribution in [0.15, 0.2) is 133 Å². The van der Waals surface area contributed by atoms with Crippen LogP contribution in [0.2, 0.25) is 0 Å². The first-order valence-corrected chi connectivity index (χ1v) is 10.9. The predicted molar refractivity (Wildman–Crippen MR) is 140 cm³/mol. The Morgan fingerprint density at radius 3 is 1.94 bits per heavy atom. The number of rotatable bonds is 15. The van der Waals surface area contributed by atoms with Crippen LogP contribution in [0, 0.1) is 5.92 Å². The van der Waals surface area contributed by atoms with Crippen LogP contribution in [0.3, 0.4) is 0 Å². The molecule has 0 aromatic carbocycles. The molecule has 33 heavy (non-hydrogen) atoms. The van der Waals surface area contributed by atoms with E-state index in [1.807, 2.05) is 6.08 Å². The molecule has 0 fully saturated rings. The SMILES string of the molecule is C=CCCCC(=C)/C(F)=C(/F)C(=C)C(=C)/C=C\C(=C)C(=C)/C=C(/F)C(=C)/C(C)=C/CC(C)C. The summed E-state index contributed by atoms with van der Waals surface area (Å²) < 4.78 is 43.3. The highest BCUT2D eigenvalue weighted by Gasteiger charge is 2.14. The fraction of sp³-hybridized carbons (Fsp3) is 0.267. The summed E-state index contributed by atoms with van der Waals surface area (Å²) >= 11 is 0. The van der Waals surface area contributed by atoms with Gasteiger partial charge in [-0.05, 0) is 72.5 Å². The topological polar surface area (TPSA) is 0 Å². The first kappa shape index (κ1) is 29.9. The van der Waals surface area contributed by atoms with E-state index in [1.54, 1.807) is 13.0 Å². The lowest BCUT2D eigenvalue weighted by Crippen LogP contribution is -1.92. The van der Waals surface area contributed by atoms with Gasteiger partial charge in [-0.2, -0.15) is 0 Å². The van der Waals surface area contributed by atoms with Gasteiger partial charge in [0.2, 0.25) is 0 Å². The summed E-state index contributed by atoms with van der Waals surface area (Å²) in [7, 11) is 0. The zero-order chi connectivity index (χ0) is 25.7. The van der Waals surface area contributed by atoms with E-state index in [1.165, 1.54) is 18.2 Å². The minimum Gasteiger partial charge on any atom is -0.206 e. The van der Waals surface area contributed by atoms with E-state index < -0.39 is 17.5 Å². The van der Waals surface area contributed by atoms with Crippen molar-refractivity contribution < 1.29 is 13.2 Å². The molecule has 0 amide bonds. The highest BCUT2D eigenvalue weighted by molar-refractivity contribution is 5.54. The number of unbranched alkanes of at least 4 members (excludes halogenated alkanes) is 1. The van der Waals surface area contributed by atoms with Crippen molar-refractivity contribution in [2.24, 2.45) is 5.92 Å². The Hall–Kier alpha value is -3.07. The lowest BCUT2D eigenvalue weighted by atomic mass is 10.00. The van der Waals surface area contributed by atoms with E-state index in [9.17, 15) is 13.2 Å². The first-order valence-electron chi connectivity index (χ1n) is 10.9. The second-order valence-electron chi connectivity index (χ2n) is 8.29. The van der Waals surface area contributed by atoms with Gasteiger partial charge in [0.05, 0.1) is 0 Å². The van der Waals surface area contributed by atoms with Gasteiger partial charge in [-0.1, -0.05) is 77.6 Å². The quantitative estimate of drug-likeness (QED) is 0.131. The monoisotopic (exact) mass is 454 g/mol. The van der Waals surface area contributed by atoms with Gasteiger partial charge in [-0.3, -0.25) is 0 Å². The third kappa shape index (κ3) is 10.9. The van der Waals surface area contributed by atoms with Gasteiger partial charge >= 0.3 is 0 Å². The Labute approximate surface area is 198 Å². The summed E-state index contributed by atoms with van der Waals surface area (Å²) in [4.78, 5) is 0. The standard InChI is InChI=1S/C30H37F3/c1-11-12-13-14-24(7)29(32)30(33)27(10)23(6)18-17-21(4)25(8)19-28(31)26(9)22(5)16-15-20(2)3/h11,16-20H,1,4,6-10,12-15H2,2-3,5H3/b18-17-,22-16+,28-19+,30-29-. The Morgan fingerprint density at radius 2 is 1.39 bits per heavy atom. The lowest BCUT2D eigenvalue weighted by molar-refractivity contribution is 0.550. The Morgan fingerprint density at radius 1 is 0.818 bits per heavy atom. The van der Waals surface area contributed by atoms with E-state index in [4.69, 9.17) is 0 Å². The maximum Gasteiger partial charge on any atom is 0.166 e. The number of allylic oxidation sites excluding steroid dienone is 15. The first-order chi connectivity index (χ1) is 15.3. The second kappa shape index (κ2) is 14.9. The molecule has 0 atom stereocenters. The summed E-state index contributed by atoms with van der Waals surface area (Å²) in [5, 5.41) is 0. The van der Waals surface area contributed by atoms with E-state index in [0.717, 1.165) is 12.0 Å². The third-order valence-electron chi connectivity index (χ3n) is 4.90. The van der Waals surface area contributed by atoms with Gasteiger partial charge in [-0.15, -0.1) is 6.58 Å². The molecule has 0 radical (unpaired) electrons. The van der Waals surface area contributed by atoms with Gasteiger partial charge in [0.15, 0.2) is 11.7 Å². The van der Waals surface area contributed by atoms with Gasteiger partial charge in [0.25, 0.3) is 0 Å². The number of hydrogen-bond acceptors (Lipinski definition) is 0. The van der Waals surface area contributed by atoms with E-state index in [0.29, 0.717) is 36.3 Å². The van der Waals surface area contributed by atoms with Crippen molar-refractivity contribution in [3.05, 3.63) is 133 Å². The molecule has 0 rings (SSSR count). The zero-order valence-corrected chi connectivity index (χ0v) is 20.4. The van der Waals surface area contributed by atoms with E-state index in [-0.39, 0.29) is 22.3 Å². The van der Waals surface area contributed by atoms with Crippen LogP contribution < -0.4 is 0 Å². The van der Waals surface area contributed by atoms with Crippen LogP contribution in [0.5, 0.6) is 0 Å². The second-order valence-corrected chi connectivity index (χ2v) is 8.29. The van der Waals surface area contributed by atoms with Crippen LogP contribution >= 0.6 is 0 Å². The van der Waals surface area contributed by atoms with Crippen LogP contribution in [-0.2, 0) is 0 Å². The van der Waals surface area contributed by atoms with Gasteiger partial charge in [-0.25, -0.2) is 13.2 Å². The fourth-order valence-corrected chi connectivity index (χ4v) is 2.46. The molecule has 0 aliphatic carbocycles. The normalized spacial score (nSPS) is 13.1. The van der Waals surface area contributed by atoms with Crippen LogP contribution in [-0.4, -0.2) is 0 Å². The zero-order valence-electron chi connectivity index (χ0n) is 20.4. The molecule has 0 aliphatic rings. The summed E-state index contributed by atoms with van der Waals surface area (Å²) in [6.45, 7) is 31.9. The molecule has 3 heteroatoms. The van der Waals surface area contributed by atoms with Crippen molar-refractivity contribution in [1.29, 1.82) is 0 Å². The Balaban J connectivity index is 5.22. The van der Waals surface area contributed by atoms with Gasteiger partial charge in [0.1, 0.15) is 5.83 Å². The molecule has 0 aromatic heterocycles. The third-order valence-corrected chi connectivity index (χ3v) is 4.90. The predicted octanol–water partition coefficient (Wildman–Crippen LogP) is 10.2. The summed E-state index contributed by atoms with van der Waals surface area (Å²) in [6.07, 6.45) is 10.3. The van der Waals surface area contributed by atoms with E-state index >= 15 is 0 Å². The molecule has 0 N–H and O–H groups in total. The maximum absolute atomic E-state index is 14.5. The van der Waals surface area contributed by atoms with Crippen molar-refractivity contribution in [1.82, 2.24) is 0 Å². The molecule has 0 heterocycles. The molecule has 0 saturated heterocycles. The maximum atomic E-state index is 14.5. The number of hydrogen-bond donors (Lipinski definition) is 0. The molecular formula is C30H37F3. The Kier molecular flexibility index (Phi) is 13.5. The Bertz CT molecular complexity index is 943. The summed E-state index contributed by atoms with van der Waals surface area (Å²) in [5.41, 5.74) is 1.74. The largest absolute Gasteiger partial charge is 0.206 e. The molecule has 0 bridgehead atoms. The number of halogens is 3.